The molecule has 7 heteroatoms. The van der Waals surface area contributed by atoms with Gasteiger partial charge in [-0.05, 0) is 93.7 Å². The van der Waals surface area contributed by atoms with Crippen molar-refractivity contribution >= 4 is 29.5 Å². The van der Waals surface area contributed by atoms with Crippen LogP contribution in [0.4, 0.5) is 16.3 Å². The first-order chi connectivity index (χ1) is 16.7. The SMILES string of the molecule is O=C(Nc1ccc(C(=O)C=Cc2cccc(N3CCCCC3)n2)cc1)OCCN1CCCCC1. The third kappa shape index (κ3) is 7.15. The number of hydrogen-bond acceptors (Lipinski definition) is 6. The number of likely N-dealkylation sites (tertiary alicyclic amines) is 1. The van der Waals surface area contributed by atoms with Crippen LogP contribution in [0.25, 0.3) is 6.08 Å². The summed E-state index contributed by atoms with van der Waals surface area (Å²) < 4.78 is 5.29. The molecule has 2 saturated heterocycles. The lowest BCUT2D eigenvalue weighted by atomic mass is 10.1. The Bertz CT molecular complexity index is 978. The molecular weight excluding hydrogens is 428 g/mol. The monoisotopic (exact) mass is 462 g/mol. The molecule has 2 aliphatic rings. The molecule has 34 heavy (non-hydrogen) atoms. The maximum atomic E-state index is 12.6. The Morgan fingerprint density at radius 3 is 2.35 bits per heavy atom. The molecule has 0 unspecified atom stereocenters. The van der Waals surface area contributed by atoms with Crippen LogP contribution < -0.4 is 10.2 Å². The molecule has 1 N–H and O–H groups in total. The minimum absolute atomic E-state index is 0.110. The molecule has 180 valence electrons. The van der Waals surface area contributed by atoms with E-state index in [-0.39, 0.29) is 5.78 Å². The molecule has 2 fully saturated rings. The minimum Gasteiger partial charge on any atom is -0.448 e. The minimum atomic E-state index is -0.476. The van der Waals surface area contributed by atoms with Gasteiger partial charge in [-0.3, -0.25) is 15.0 Å². The maximum absolute atomic E-state index is 12.6. The molecule has 0 aliphatic carbocycles. The van der Waals surface area contributed by atoms with Gasteiger partial charge in [0.2, 0.25) is 0 Å². The quantitative estimate of drug-likeness (QED) is 0.439. The summed E-state index contributed by atoms with van der Waals surface area (Å²) in [5, 5.41) is 2.72. The summed E-state index contributed by atoms with van der Waals surface area (Å²) in [6.07, 6.45) is 10.2. The first-order valence-corrected chi connectivity index (χ1v) is 12.4. The van der Waals surface area contributed by atoms with E-state index in [1.54, 1.807) is 36.4 Å². The summed E-state index contributed by atoms with van der Waals surface area (Å²) in [6.45, 7) is 5.36. The standard InChI is InChI=1S/C27H34N4O3/c32-25(15-14-23-8-7-9-26(28-23)31-18-5-2-6-19-31)22-10-12-24(13-11-22)29-27(33)34-21-20-30-16-3-1-4-17-30/h7-15H,1-6,16-21H2,(H,29,33). The largest absolute Gasteiger partial charge is 0.448 e. The molecule has 0 saturated carbocycles. The molecular formula is C27H34N4O3. The number of benzene rings is 1. The number of nitrogens with zero attached hydrogens (tertiary/aromatic N) is 3. The van der Waals surface area contributed by atoms with Crippen molar-refractivity contribution < 1.29 is 14.3 Å². The summed E-state index contributed by atoms with van der Waals surface area (Å²) in [4.78, 5) is 33.9. The van der Waals surface area contributed by atoms with Gasteiger partial charge in [-0.25, -0.2) is 9.78 Å². The van der Waals surface area contributed by atoms with Crippen LogP contribution in [0, 0.1) is 0 Å². The number of nitrogens with one attached hydrogen (secondary N) is 1. The predicted octanol–water partition coefficient (Wildman–Crippen LogP) is 5.00. The van der Waals surface area contributed by atoms with Crippen LogP contribution in [-0.2, 0) is 4.74 Å². The fraction of sp³-hybridized carbons (Fsp3) is 0.444. The van der Waals surface area contributed by atoms with E-state index in [9.17, 15) is 9.59 Å². The molecule has 3 heterocycles. The van der Waals surface area contributed by atoms with Gasteiger partial charge >= 0.3 is 6.09 Å². The van der Waals surface area contributed by atoms with Crippen molar-refractivity contribution in [3.05, 3.63) is 59.8 Å². The summed E-state index contributed by atoms with van der Waals surface area (Å²) in [6, 6.07) is 12.7. The van der Waals surface area contributed by atoms with Gasteiger partial charge in [0.1, 0.15) is 12.4 Å². The number of hydrogen-bond donors (Lipinski definition) is 1. The Kier molecular flexibility index (Phi) is 8.68. The van der Waals surface area contributed by atoms with Crippen LogP contribution in [0.1, 0.15) is 54.6 Å². The van der Waals surface area contributed by atoms with Gasteiger partial charge in [0, 0.05) is 30.9 Å². The third-order valence-corrected chi connectivity index (χ3v) is 6.35. The van der Waals surface area contributed by atoms with Crippen molar-refractivity contribution in [2.45, 2.75) is 38.5 Å². The molecule has 1 aromatic heterocycles. The van der Waals surface area contributed by atoms with Gasteiger partial charge in [-0.2, -0.15) is 0 Å². The molecule has 4 rings (SSSR count). The number of ether oxygens (including phenoxy) is 1. The number of carbonyl (C=O) groups excluding carboxylic acids is 2. The van der Waals surface area contributed by atoms with Crippen molar-refractivity contribution in [3.63, 3.8) is 0 Å². The fourth-order valence-corrected chi connectivity index (χ4v) is 4.41. The Balaban J connectivity index is 1.25. The second-order valence-electron chi connectivity index (χ2n) is 8.91. The molecule has 2 aromatic rings. The van der Waals surface area contributed by atoms with Gasteiger partial charge in [-0.15, -0.1) is 0 Å². The molecule has 0 atom stereocenters. The summed E-state index contributed by atoms with van der Waals surface area (Å²) in [7, 11) is 0. The van der Waals surface area contributed by atoms with Gasteiger partial charge in [-0.1, -0.05) is 12.5 Å². The van der Waals surface area contributed by atoms with Gasteiger partial charge in [0.05, 0.1) is 5.69 Å². The van der Waals surface area contributed by atoms with E-state index in [2.05, 4.69) is 20.1 Å². The molecule has 1 amide bonds. The zero-order valence-corrected chi connectivity index (χ0v) is 19.7. The maximum Gasteiger partial charge on any atom is 0.411 e. The van der Waals surface area contributed by atoms with E-state index in [4.69, 9.17) is 4.74 Å². The smallest absolute Gasteiger partial charge is 0.411 e. The topological polar surface area (TPSA) is 74.8 Å². The lowest BCUT2D eigenvalue weighted by Crippen LogP contribution is -2.33. The Hall–Kier alpha value is -3.19. The lowest BCUT2D eigenvalue weighted by Gasteiger charge is -2.27. The average molecular weight is 463 g/mol. The van der Waals surface area contributed by atoms with Gasteiger partial charge in [0.25, 0.3) is 0 Å². The molecule has 2 aliphatic heterocycles. The van der Waals surface area contributed by atoms with Crippen molar-refractivity contribution in [2.24, 2.45) is 0 Å². The van der Waals surface area contributed by atoms with Crippen LogP contribution in [0.5, 0.6) is 0 Å². The van der Waals surface area contributed by atoms with Crippen LogP contribution in [0.2, 0.25) is 0 Å². The highest BCUT2D eigenvalue weighted by Crippen LogP contribution is 2.18. The first kappa shape index (κ1) is 24.0. The van der Waals surface area contributed by atoms with Crippen molar-refractivity contribution in [1.29, 1.82) is 0 Å². The van der Waals surface area contributed by atoms with Crippen LogP contribution >= 0.6 is 0 Å². The number of rotatable bonds is 8. The summed E-state index contributed by atoms with van der Waals surface area (Å²) in [5.41, 5.74) is 1.91. The van der Waals surface area contributed by atoms with Crippen LogP contribution in [0.3, 0.4) is 0 Å². The van der Waals surface area contributed by atoms with E-state index in [0.717, 1.165) is 44.2 Å². The normalized spacial score (nSPS) is 17.0. The molecule has 0 spiro atoms. The zero-order valence-electron chi connectivity index (χ0n) is 19.7. The van der Waals surface area contributed by atoms with E-state index < -0.39 is 6.09 Å². The van der Waals surface area contributed by atoms with Crippen molar-refractivity contribution in [3.8, 4) is 0 Å². The number of amides is 1. The van der Waals surface area contributed by atoms with Gasteiger partial charge < -0.3 is 9.64 Å². The number of anilines is 2. The predicted molar refractivity (Wildman–Crippen MR) is 135 cm³/mol. The van der Waals surface area contributed by atoms with E-state index in [1.807, 2.05) is 18.2 Å². The average Bonchev–Trinajstić information content (AvgIpc) is 2.89. The second-order valence-corrected chi connectivity index (χ2v) is 8.91. The number of carbonyl (C=O) groups is 2. The molecule has 0 radical (unpaired) electrons. The number of allylic oxidation sites excluding steroid dienone is 1. The number of piperidine rings is 2. The highest BCUT2D eigenvalue weighted by atomic mass is 16.5. The second kappa shape index (κ2) is 12.3. The highest BCUT2D eigenvalue weighted by Gasteiger charge is 2.13. The third-order valence-electron chi connectivity index (χ3n) is 6.35. The number of aromatic nitrogens is 1. The zero-order chi connectivity index (χ0) is 23.6. The summed E-state index contributed by atoms with van der Waals surface area (Å²) >= 11 is 0. The van der Waals surface area contributed by atoms with E-state index in [0.29, 0.717) is 17.9 Å². The fourth-order valence-electron chi connectivity index (χ4n) is 4.41. The molecule has 1 aromatic carbocycles. The van der Waals surface area contributed by atoms with Gasteiger partial charge in [0.15, 0.2) is 5.78 Å². The first-order valence-electron chi connectivity index (χ1n) is 12.4. The van der Waals surface area contributed by atoms with Crippen molar-refractivity contribution in [1.82, 2.24) is 9.88 Å². The van der Waals surface area contributed by atoms with Crippen LogP contribution in [-0.4, -0.2) is 61.1 Å². The van der Waals surface area contributed by atoms with E-state index >= 15 is 0 Å². The number of pyridine rings is 1. The lowest BCUT2D eigenvalue weighted by molar-refractivity contribution is 0.104. The van der Waals surface area contributed by atoms with Crippen molar-refractivity contribution in [2.75, 3.05) is 49.5 Å². The number of ketones is 1. The summed E-state index contributed by atoms with van der Waals surface area (Å²) in [5.74, 6) is 0.855. The Morgan fingerprint density at radius 2 is 1.62 bits per heavy atom. The molecule has 7 nitrogen and oxygen atoms in total. The van der Waals surface area contributed by atoms with E-state index in [1.165, 1.54) is 38.5 Å². The Labute approximate surface area is 201 Å². The van der Waals surface area contributed by atoms with Crippen LogP contribution in [0.15, 0.2) is 48.5 Å². The molecule has 0 bridgehead atoms. The Morgan fingerprint density at radius 1 is 0.912 bits per heavy atom. The highest BCUT2D eigenvalue weighted by molar-refractivity contribution is 6.07.